The lowest BCUT2D eigenvalue weighted by molar-refractivity contribution is 0.244. The quantitative estimate of drug-likeness (QED) is 0.448. The van der Waals surface area contributed by atoms with Crippen molar-refractivity contribution < 1.29 is 5.11 Å². The Balaban J connectivity index is 3.36. The Kier molecular flexibility index (Phi) is 4.89. The van der Waals surface area contributed by atoms with Crippen LogP contribution in [0.1, 0.15) is 13.3 Å². The summed E-state index contributed by atoms with van der Waals surface area (Å²) in [5.74, 6) is 0. The van der Waals surface area contributed by atoms with Gasteiger partial charge in [0.15, 0.2) is 0 Å². The highest BCUT2D eigenvalue weighted by molar-refractivity contribution is 4.92. The number of rotatable bonds is 3. The van der Waals surface area contributed by atoms with Crippen molar-refractivity contribution in [3.05, 3.63) is 30.5 Å². The van der Waals surface area contributed by atoms with Gasteiger partial charge >= 0.3 is 0 Å². The SMILES string of the molecule is C=C=CCC=CC(C)O. The third-order valence-corrected chi connectivity index (χ3v) is 0.813. The Morgan fingerprint density at radius 3 is 2.89 bits per heavy atom. The summed E-state index contributed by atoms with van der Waals surface area (Å²) in [4.78, 5) is 0. The van der Waals surface area contributed by atoms with E-state index >= 15 is 0 Å². The maximum Gasteiger partial charge on any atom is 0.0692 e. The van der Waals surface area contributed by atoms with E-state index in [1.54, 1.807) is 19.1 Å². The minimum atomic E-state index is -0.344. The highest BCUT2D eigenvalue weighted by Crippen LogP contribution is 1.87. The molecule has 0 aromatic heterocycles. The molecule has 50 valence electrons. The molecule has 1 nitrogen and oxygen atoms in total. The van der Waals surface area contributed by atoms with Gasteiger partial charge in [0.25, 0.3) is 0 Å². The fourth-order valence-corrected chi connectivity index (χ4v) is 0.427. The molecule has 0 bridgehead atoms. The van der Waals surface area contributed by atoms with Gasteiger partial charge in [-0.2, -0.15) is 0 Å². The largest absolute Gasteiger partial charge is 0.389 e. The minimum Gasteiger partial charge on any atom is -0.389 e. The molecule has 0 radical (unpaired) electrons. The molecule has 0 spiro atoms. The van der Waals surface area contributed by atoms with Crippen LogP contribution in [-0.2, 0) is 0 Å². The number of hydrogen-bond acceptors (Lipinski definition) is 1. The second-order valence-electron chi connectivity index (χ2n) is 1.81. The normalized spacial score (nSPS) is 13.1. The van der Waals surface area contributed by atoms with E-state index in [1.165, 1.54) is 0 Å². The van der Waals surface area contributed by atoms with Gasteiger partial charge in [-0.05, 0) is 19.4 Å². The van der Waals surface area contributed by atoms with Gasteiger partial charge in [0.1, 0.15) is 0 Å². The highest BCUT2D eigenvalue weighted by atomic mass is 16.3. The van der Waals surface area contributed by atoms with E-state index in [0.29, 0.717) is 0 Å². The number of allylic oxidation sites excluding steroid dienone is 2. The second-order valence-corrected chi connectivity index (χ2v) is 1.81. The topological polar surface area (TPSA) is 20.2 Å². The van der Waals surface area contributed by atoms with Crippen LogP contribution in [0.3, 0.4) is 0 Å². The van der Waals surface area contributed by atoms with Crippen molar-refractivity contribution in [1.29, 1.82) is 0 Å². The Labute approximate surface area is 56.0 Å². The fraction of sp³-hybridized carbons (Fsp3) is 0.375. The molecule has 0 aliphatic rings. The average molecular weight is 124 g/mol. The Morgan fingerprint density at radius 1 is 1.78 bits per heavy atom. The van der Waals surface area contributed by atoms with Gasteiger partial charge in [0.05, 0.1) is 6.10 Å². The molecule has 0 fully saturated rings. The van der Waals surface area contributed by atoms with E-state index in [1.807, 2.05) is 6.08 Å². The highest BCUT2D eigenvalue weighted by Gasteiger charge is 1.80. The summed E-state index contributed by atoms with van der Waals surface area (Å²) in [6.45, 7) is 5.12. The minimum absolute atomic E-state index is 0.344. The zero-order chi connectivity index (χ0) is 7.11. The number of hydrogen-bond donors (Lipinski definition) is 1. The zero-order valence-electron chi connectivity index (χ0n) is 5.67. The molecule has 0 aromatic carbocycles. The Morgan fingerprint density at radius 2 is 2.44 bits per heavy atom. The molecule has 9 heavy (non-hydrogen) atoms. The molecule has 0 aliphatic heterocycles. The van der Waals surface area contributed by atoms with Crippen LogP contribution in [0.2, 0.25) is 0 Å². The maximum absolute atomic E-state index is 8.71. The van der Waals surface area contributed by atoms with E-state index in [0.717, 1.165) is 6.42 Å². The summed E-state index contributed by atoms with van der Waals surface area (Å²) >= 11 is 0. The van der Waals surface area contributed by atoms with E-state index in [-0.39, 0.29) is 6.10 Å². The fourth-order valence-electron chi connectivity index (χ4n) is 0.427. The van der Waals surface area contributed by atoms with E-state index in [9.17, 15) is 0 Å². The number of aliphatic hydroxyl groups is 1. The average Bonchev–Trinajstić information content (AvgIpc) is 1.80. The summed E-state index contributed by atoms with van der Waals surface area (Å²) in [7, 11) is 0. The molecule has 0 saturated heterocycles. The standard InChI is InChI=1S/C8H12O/c1-3-4-5-6-7-8(2)9/h4,6-9H,1,5H2,2H3. The molecule has 0 saturated carbocycles. The van der Waals surface area contributed by atoms with Crippen molar-refractivity contribution in [2.75, 3.05) is 0 Å². The van der Waals surface area contributed by atoms with Crippen LogP contribution in [0.4, 0.5) is 0 Å². The summed E-state index contributed by atoms with van der Waals surface area (Å²) in [6, 6.07) is 0. The summed E-state index contributed by atoms with van der Waals surface area (Å²) in [6.07, 6.45) is 5.87. The van der Waals surface area contributed by atoms with Crippen molar-refractivity contribution in [1.82, 2.24) is 0 Å². The number of aliphatic hydroxyl groups excluding tert-OH is 1. The van der Waals surface area contributed by atoms with Gasteiger partial charge in [-0.1, -0.05) is 18.7 Å². The van der Waals surface area contributed by atoms with Crippen LogP contribution in [-0.4, -0.2) is 11.2 Å². The van der Waals surface area contributed by atoms with Crippen LogP contribution in [0.15, 0.2) is 30.5 Å². The molecule has 0 rings (SSSR count). The van der Waals surface area contributed by atoms with Crippen LogP contribution in [0, 0.1) is 0 Å². The van der Waals surface area contributed by atoms with Crippen LogP contribution in [0.5, 0.6) is 0 Å². The summed E-state index contributed by atoms with van der Waals surface area (Å²) in [5.41, 5.74) is 2.63. The Hall–Kier alpha value is -0.780. The van der Waals surface area contributed by atoms with Gasteiger partial charge in [0, 0.05) is 0 Å². The Bertz CT molecular complexity index is 128. The van der Waals surface area contributed by atoms with Gasteiger partial charge < -0.3 is 5.11 Å². The molecule has 1 atom stereocenters. The molecule has 0 aliphatic carbocycles. The van der Waals surface area contributed by atoms with Crippen molar-refractivity contribution in [3.63, 3.8) is 0 Å². The first-order valence-electron chi connectivity index (χ1n) is 2.96. The van der Waals surface area contributed by atoms with Crippen LogP contribution < -0.4 is 0 Å². The van der Waals surface area contributed by atoms with E-state index < -0.39 is 0 Å². The summed E-state index contributed by atoms with van der Waals surface area (Å²) < 4.78 is 0. The molecular formula is C8H12O. The molecule has 0 amide bonds. The lowest BCUT2D eigenvalue weighted by Gasteiger charge is -1.89. The first-order chi connectivity index (χ1) is 4.27. The van der Waals surface area contributed by atoms with Crippen LogP contribution >= 0.6 is 0 Å². The monoisotopic (exact) mass is 124 g/mol. The van der Waals surface area contributed by atoms with E-state index in [2.05, 4.69) is 12.3 Å². The predicted molar refractivity (Wildman–Crippen MR) is 39.1 cm³/mol. The molecular weight excluding hydrogens is 112 g/mol. The smallest absolute Gasteiger partial charge is 0.0692 e. The van der Waals surface area contributed by atoms with Crippen LogP contribution in [0.25, 0.3) is 0 Å². The van der Waals surface area contributed by atoms with Gasteiger partial charge in [-0.15, -0.1) is 5.73 Å². The van der Waals surface area contributed by atoms with E-state index in [4.69, 9.17) is 5.11 Å². The first-order valence-corrected chi connectivity index (χ1v) is 2.96. The van der Waals surface area contributed by atoms with Crippen molar-refractivity contribution in [2.45, 2.75) is 19.4 Å². The second kappa shape index (κ2) is 5.36. The van der Waals surface area contributed by atoms with Gasteiger partial charge in [-0.25, -0.2) is 0 Å². The van der Waals surface area contributed by atoms with Crippen molar-refractivity contribution in [2.24, 2.45) is 0 Å². The third kappa shape index (κ3) is 7.22. The van der Waals surface area contributed by atoms with Gasteiger partial charge in [0.2, 0.25) is 0 Å². The first kappa shape index (κ1) is 8.22. The molecule has 1 N–H and O–H groups in total. The lowest BCUT2D eigenvalue weighted by Crippen LogP contribution is -1.90. The molecule has 1 heteroatoms. The zero-order valence-corrected chi connectivity index (χ0v) is 5.67. The van der Waals surface area contributed by atoms with Crippen molar-refractivity contribution in [3.8, 4) is 0 Å². The van der Waals surface area contributed by atoms with Crippen molar-refractivity contribution >= 4 is 0 Å². The maximum atomic E-state index is 8.71. The molecule has 1 unspecified atom stereocenters. The lowest BCUT2D eigenvalue weighted by atomic mass is 10.3. The predicted octanol–water partition coefficient (Wildman–Crippen LogP) is 1.65. The third-order valence-electron chi connectivity index (χ3n) is 0.813. The molecule has 0 heterocycles. The van der Waals surface area contributed by atoms with Gasteiger partial charge in [-0.3, -0.25) is 0 Å². The molecule has 0 aromatic rings. The summed E-state index contributed by atoms with van der Waals surface area (Å²) in [5, 5.41) is 8.71.